The molecule has 7 nitrogen and oxygen atoms in total. The molecular formula is C16H17N5O2S. The number of carbonyl (C=O) groups is 1. The number of rotatable bonds is 5. The summed E-state index contributed by atoms with van der Waals surface area (Å²) in [6, 6.07) is 6.78. The number of hydrogen-bond donors (Lipinski definition) is 2. The molecule has 0 radical (unpaired) electrons. The highest BCUT2D eigenvalue weighted by Gasteiger charge is 2.21. The van der Waals surface area contributed by atoms with Crippen molar-refractivity contribution < 1.29 is 9.53 Å². The molecule has 0 aliphatic rings. The smallest absolute Gasteiger partial charge is 0.321 e. The minimum atomic E-state index is -0.393. The molecule has 0 fully saturated rings. The quantitative estimate of drug-likeness (QED) is 0.746. The summed E-state index contributed by atoms with van der Waals surface area (Å²) < 4.78 is 7.06. The molecule has 0 aliphatic carbocycles. The molecule has 0 spiro atoms. The van der Waals surface area contributed by atoms with E-state index in [1.165, 1.54) is 11.3 Å². The monoisotopic (exact) mass is 343 g/mol. The van der Waals surface area contributed by atoms with E-state index in [-0.39, 0.29) is 6.03 Å². The molecule has 1 aromatic carbocycles. The van der Waals surface area contributed by atoms with Gasteiger partial charge in [-0.05, 0) is 17.7 Å². The first-order valence-corrected chi connectivity index (χ1v) is 8.13. The molecule has 3 aromatic rings. The Morgan fingerprint density at radius 3 is 2.62 bits per heavy atom. The standard InChI is InChI=1S/C16H17N5O2S/c1-21-9-7-17-14(21)13(11-3-5-12(23-2)6-4-11)19-15(22)20-16-18-8-10-24-16/h3-10,13H,1-2H3,(H2,18,19,20,22). The van der Waals surface area contributed by atoms with Crippen molar-refractivity contribution in [3.8, 4) is 5.75 Å². The largest absolute Gasteiger partial charge is 0.497 e. The van der Waals surface area contributed by atoms with E-state index in [4.69, 9.17) is 4.74 Å². The second kappa shape index (κ2) is 7.14. The molecule has 0 saturated carbocycles. The minimum absolute atomic E-state index is 0.339. The number of ether oxygens (including phenoxy) is 1. The Bertz CT molecular complexity index is 798. The molecule has 8 heteroatoms. The Morgan fingerprint density at radius 1 is 1.25 bits per heavy atom. The lowest BCUT2D eigenvalue weighted by molar-refractivity contribution is 0.249. The molecule has 2 N–H and O–H groups in total. The Hall–Kier alpha value is -2.87. The highest BCUT2D eigenvalue weighted by molar-refractivity contribution is 7.13. The lowest BCUT2D eigenvalue weighted by Gasteiger charge is -2.19. The third kappa shape index (κ3) is 3.54. The van der Waals surface area contributed by atoms with Gasteiger partial charge in [0.25, 0.3) is 0 Å². The zero-order valence-corrected chi connectivity index (χ0v) is 14.1. The van der Waals surface area contributed by atoms with Gasteiger partial charge in [0, 0.05) is 31.0 Å². The number of nitrogens with zero attached hydrogens (tertiary/aromatic N) is 3. The SMILES string of the molecule is COc1ccc(C(NC(=O)Nc2nccs2)c2nccn2C)cc1. The van der Waals surface area contributed by atoms with Gasteiger partial charge in [-0.15, -0.1) is 11.3 Å². The summed E-state index contributed by atoms with van der Waals surface area (Å²) in [6.07, 6.45) is 5.18. The van der Waals surface area contributed by atoms with Gasteiger partial charge >= 0.3 is 6.03 Å². The topological polar surface area (TPSA) is 81.1 Å². The molecule has 0 bridgehead atoms. The number of benzene rings is 1. The van der Waals surface area contributed by atoms with E-state index < -0.39 is 6.04 Å². The average Bonchev–Trinajstić information content (AvgIpc) is 3.24. The van der Waals surface area contributed by atoms with Crippen molar-refractivity contribution in [3.63, 3.8) is 0 Å². The fraction of sp³-hybridized carbons (Fsp3) is 0.188. The Kier molecular flexibility index (Phi) is 4.76. The summed E-state index contributed by atoms with van der Waals surface area (Å²) in [7, 11) is 3.50. The fourth-order valence-corrected chi connectivity index (χ4v) is 2.82. The summed E-state index contributed by atoms with van der Waals surface area (Å²) in [6.45, 7) is 0. The zero-order valence-electron chi connectivity index (χ0n) is 13.3. The Morgan fingerprint density at radius 2 is 2.04 bits per heavy atom. The number of hydrogen-bond acceptors (Lipinski definition) is 5. The third-order valence-corrected chi connectivity index (χ3v) is 4.18. The van der Waals surface area contributed by atoms with Crippen molar-refractivity contribution in [1.82, 2.24) is 19.9 Å². The Labute approximate surface area is 143 Å². The van der Waals surface area contributed by atoms with Crippen molar-refractivity contribution in [2.45, 2.75) is 6.04 Å². The van der Waals surface area contributed by atoms with Gasteiger partial charge in [0.05, 0.1) is 7.11 Å². The van der Waals surface area contributed by atoms with Crippen molar-refractivity contribution >= 4 is 22.5 Å². The number of methoxy groups -OCH3 is 1. The molecule has 2 amide bonds. The first-order valence-electron chi connectivity index (χ1n) is 7.25. The van der Waals surface area contributed by atoms with Crippen LogP contribution in [0.1, 0.15) is 17.4 Å². The lowest BCUT2D eigenvalue weighted by Crippen LogP contribution is -2.34. The van der Waals surface area contributed by atoms with E-state index in [2.05, 4.69) is 20.6 Å². The van der Waals surface area contributed by atoms with Crippen molar-refractivity contribution in [2.24, 2.45) is 7.05 Å². The Balaban J connectivity index is 1.84. The number of imidazole rings is 1. The van der Waals surface area contributed by atoms with Crippen molar-refractivity contribution in [3.05, 3.63) is 59.6 Å². The number of aryl methyl sites for hydroxylation is 1. The van der Waals surface area contributed by atoms with Gasteiger partial charge in [-0.1, -0.05) is 12.1 Å². The first-order chi connectivity index (χ1) is 11.7. The van der Waals surface area contributed by atoms with E-state index in [0.717, 1.165) is 17.1 Å². The van der Waals surface area contributed by atoms with E-state index in [1.807, 2.05) is 42.1 Å². The number of urea groups is 1. The number of aromatic nitrogens is 3. The molecule has 124 valence electrons. The minimum Gasteiger partial charge on any atom is -0.497 e. The van der Waals surface area contributed by atoms with Gasteiger partial charge in [-0.3, -0.25) is 5.32 Å². The maximum absolute atomic E-state index is 12.3. The van der Waals surface area contributed by atoms with Gasteiger partial charge < -0.3 is 14.6 Å². The van der Waals surface area contributed by atoms with Crippen LogP contribution >= 0.6 is 11.3 Å². The van der Waals surface area contributed by atoms with Crippen LogP contribution in [0.25, 0.3) is 0 Å². The fourth-order valence-electron chi connectivity index (χ4n) is 2.30. The maximum atomic E-state index is 12.3. The highest BCUT2D eigenvalue weighted by atomic mass is 32.1. The molecule has 2 aromatic heterocycles. The zero-order chi connectivity index (χ0) is 16.9. The average molecular weight is 343 g/mol. The van der Waals surface area contributed by atoms with Gasteiger partial charge in [-0.25, -0.2) is 14.8 Å². The van der Waals surface area contributed by atoms with Gasteiger partial charge in [0.1, 0.15) is 17.6 Å². The molecule has 1 atom stereocenters. The predicted octanol–water partition coefficient (Wildman–Crippen LogP) is 2.80. The number of thiazole rings is 1. The molecule has 0 saturated heterocycles. The van der Waals surface area contributed by atoms with Crippen LogP contribution in [0.3, 0.4) is 0 Å². The second-order valence-electron chi connectivity index (χ2n) is 5.04. The molecule has 3 rings (SSSR count). The predicted molar refractivity (Wildman–Crippen MR) is 92.3 cm³/mol. The van der Waals surface area contributed by atoms with Crippen LogP contribution in [0.5, 0.6) is 5.75 Å². The molecule has 0 aliphatic heterocycles. The summed E-state index contributed by atoms with van der Waals surface area (Å²) in [4.78, 5) is 20.7. The van der Waals surface area contributed by atoms with E-state index in [9.17, 15) is 4.79 Å². The summed E-state index contributed by atoms with van der Waals surface area (Å²) in [5, 5.41) is 8.01. The molecule has 24 heavy (non-hydrogen) atoms. The molecule has 1 unspecified atom stereocenters. The molecular weight excluding hydrogens is 326 g/mol. The van der Waals surface area contributed by atoms with Crippen LogP contribution in [-0.4, -0.2) is 27.7 Å². The van der Waals surface area contributed by atoms with Gasteiger partial charge in [0.15, 0.2) is 5.13 Å². The van der Waals surface area contributed by atoms with Crippen molar-refractivity contribution in [2.75, 3.05) is 12.4 Å². The van der Waals surface area contributed by atoms with Crippen LogP contribution in [0, 0.1) is 0 Å². The first kappa shape index (κ1) is 16.0. The van der Waals surface area contributed by atoms with Gasteiger partial charge in [0.2, 0.25) is 0 Å². The van der Waals surface area contributed by atoms with E-state index in [0.29, 0.717) is 5.13 Å². The van der Waals surface area contributed by atoms with Crippen LogP contribution in [0.2, 0.25) is 0 Å². The third-order valence-electron chi connectivity index (χ3n) is 3.49. The molecule has 2 heterocycles. The van der Waals surface area contributed by atoms with E-state index >= 15 is 0 Å². The lowest BCUT2D eigenvalue weighted by atomic mass is 10.1. The normalized spacial score (nSPS) is 11.8. The highest BCUT2D eigenvalue weighted by Crippen LogP contribution is 2.23. The van der Waals surface area contributed by atoms with E-state index in [1.54, 1.807) is 24.9 Å². The van der Waals surface area contributed by atoms with Crippen LogP contribution < -0.4 is 15.4 Å². The van der Waals surface area contributed by atoms with Gasteiger partial charge in [-0.2, -0.15) is 0 Å². The number of amides is 2. The van der Waals surface area contributed by atoms with Crippen LogP contribution in [0.4, 0.5) is 9.93 Å². The van der Waals surface area contributed by atoms with Crippen LogP contribution in [-0.2, 0) is 7.05 Å². The summed E-state index contributed by atoms with van der Waals surface area (Å²) in [5.41, 5.74) is 0.902. The maximum Gasteiger partial charge on any atom is 0.321 e. The number of carbonyl (C=O) groups excluding carboxylic acids is 1. The second-order valence-corrected chi connectivity index (χ2v) is 5.93. The van der Waals surface area contributed by atoms with Crippen molar-refractivity contribution in [1.29, 1.82) is 0 Å². The number of nitrogens with one attached hydrogen (secondary N) is 2. The van der Waals surface area contributed by atoms with Crippen LogP contribution in [0.15, 0.2) is 48.2 Å². The summed E-state index contributed by atoms with van der Waals surface area (Å²) in [5.74, 6) is 1.49. The number of anilines is 1. The summed E-state index contributed by atoms with van der Waals surface area (Å²) >= 11 is 1.36.